The lowest BCUT2D eigenvalue weighted by molar-refractivity contribution is 0.337. The van der Waals surface area contributed by atoms with Crippen LogP contribution in [0.25, 0.3) is 0 Å². The Morgan fingerprint density at radius 1 is 1.25 bits per heavy atom. The van der Waals surface area contributed by atoms with Gasteiger partial charge in [0.1, 0.15) is 0 Å². The number of rotatable bonds is 7. The van der Waals surface area contributed by atoms with E-state index < -0.39 is 0 Å². The van der Waals surface area contributed by atoms with Gasteiger partial charge >= 0.3 is 0 Å². The van der Waals surface area contributed by atoms with Crippen LogP contribution in [0.4, 0.5) is 0 Å². The Labute approximate surface area is 126 Å². The molecular formula is C16H24ClNO2. The van der Waals surface area contributed by atoms with Crippen molar-refractivity contribution in [3.8, 4) is 11.5 Å². The monoisotopic (exact) mass is 297 g/mol. The molecule has 0 amide bonds. The molecule has 1 fully saturated rings. The zero-order valence-electron chi connectivity index (χ0n) is 12.8. The number of halogens is 1. The molecule has 2 rings (SSSR count). The highest BCUT2D eigenvalue weighted by molar-refractivity contribution is 6.32. The molecule has 0 heterocycles. The van der Waals surface area contributed by atoms with Crippen LogP contribution in [0.3, 0.4) is 0 Å². The first-order valence-electron chi connectivity index (χ1n) is 7.13. The Kier molecular flexibility index (Phi) is 4.82. The Bertz CT molecular complexity index is 470. The van der Waals surface area contributed by atoms with E-state index in [-0.39, 0.29) is 0 Å². The highest BCUT2D eigenvalue weighted by Gasteiger charge is 2.44. The second-order valence-corrected chi connectivity index (χ2v) is 6.34. The summed E-state index contributed by atoms with van der Waals surface area (Å²) >= 11 is 6.21. The van der Waals surface area contributed by atoms with Crippen molar-refractivity contribution in [1.82, 2.24) is 5.32 Å². The van der Waals surface area contributed by atoms with Crippen LogP contribution in [0.1, 0.15) is 32.3 Å². The van der Waals surface area contributed by atoms with Gasteiger partial charge in [-0.15, -0.1) is 0 Å². The molecule has 0 atom stereocenters. The minimum Gasteiger partial charge on any atom is -0.493 e. The second kappa shape index (κ2) is 6.23. The molecule has 0 aromatic heterocycles. The third-order valence-electron chi connectivity index (χ3n) is 4.42. The molecule has 1 aliphatic carbocycles. The molecule has 0 spiro atoms. The van der Waals surface area contributed by atoms with Crippen molar-refractivity contribution in [2.45, 2.75) is 33.2 Å². The van der Waals surface area contributed by atoms with Crippen LogP contribution in [0.15, 0.2) is 12.1 Å². The average Bonchev–Trinajstić information content (AvgIpc) is 3.19. The standard InChI is InChI=1S/C16H24ClNO2/c1-11(2)16(5-6-16)10-18-9-12-7-13(17)15(20-4)14(8-12)19-3/h7-8,11,18H,5-6,9-10H2,1-4H3. The molecule has 0 aliphatic heterocycles. The van der Waals surface area contributed by atoms with Gasteiger partial charge in [-0.2, -0.15) is 0 Å². The number of methoxy groups -OCH3 is 2. The molecule has 1 aromatic rings. The molecule has 0 bridgehead atoms. The molecule has 20 heavy (non-hydrogen) atoms. The summed E-state index contributed by atoms with van der Waals surface area (Å²) in [7, 11) is 3.23. The number of nitrogens with one attached hydrogen (secondary N) is 1. The summed E-state index contributed by atoms with van der Waals surface area (Å²) in [4.78, 5) is 0. The van der Waals surface area contributed by atoms with Crippen molar-refractivity contribution in [3.63, 3.8) is 0 Å². The summed E-state index contributed by atoms with van der Waals surface area (Å²) in [5, 5.41) is 4.14. The van der Waals surface area contributed by atoms with Gasteiger partial charge in [0, 0.05) is 13.1 Å². The van der Waals surface area contributed by atoms with Crippen molar-refractivity contribution in [2.75, 3.05) is 20.8 Å². The fourth-order valence-corrected chi connectivity index (χ4v) is 2.96. The molecule has 0 radical (unpaired) electrons. The third kappa shape index (κ3) is 3.21. The SMILES string of the molecule is COc1cc(CNCC2(C(C)C)CC2)cc(Cl)c1OC. The van der Waals surface area contributed by atoms with Gasteiger partial charge in [-0.1, -0.05) is 25.4 Å². The van der Waals surface area contributed by atoms with Crippen LogP contribution in [-0.2, 0) is 6.54 Å². The van der Waals surface area contributed by atoms with E-state index in [1.807, 2.05) is 12.1 Å². The molecule has 0 saturated heterocycles. The highest BCUT2D eigenvalue weighted by Crippen LogP contribution is 2.51. The summed E-state index contributed by atoms with van der Waals surface area (Å²) in [5.74, 6) is 2.02. The maximum atomic E-state index is 6.21. The second-order valence-electron chi connectivity index (χ2n) is 5.93. The van der Waals surface area contributed by atoms with E-state index in [0.29, 0.717) is 21.9 Å². The summed E-state index contributed by atoms with van der Waals surface area (Å²) in [6.07, 6.45) is 2.68. The Balaban J connectivity index is 1.98. The van der Waals surface area contributed by atoms with E-state index >= 15 is 0 Å². The summed E-state index contributed by atoms with van der Waals surface area (Å²) in [6.45, 7) is 6.48. The van der Waals surface area contributed by atoms with Crippen molar-refractivity contribution in [1.29, 1.82) is 0 Å². The van der Waals surface area contributed by atoms with Crippen molar-refractivity contribution in [2.24, 2.45) is 11.3 Å². The maximum Gasteiger partial charge on any atom is 0.179 e. The van der Waals surface area contributed by atoms with Crippen LogP contribution in [0.5, 0.6) is 11.5 Å². The minimum atomic E-state index is 0.514. The zero-order valence-corrected chi connectivity index (χ0v) is 13.5. The van der Waals surface area contributed by atoms with E-state index in [1.54, 1.807) is 14.2 Å². The van der Waals surface area contributed by atoms with Gasteiger partial charge in [-0.05, 0) is 41.9 Å². The van der Waals surface area contributed by atoms with Gasteiger partial charge in [0.05, 0.1) is 19.2 Å². The number of hydrogen-bond donors (Lipinski definition) is 1. The lowest BCUT2D eigenvalue weighted by Crippen LogP contribution is -2.27. The normalized spacial score (nSPS) is 16.3. The van der Waals surface area contributed by atoms with Gasteiger partial charge in [0.25, 0.3) is 0 Å². The van der Waals surface area contributed by atoms with Crippen molar-refractivity contribution < 1.29 is 9.47 Å². The van der Waals surface area contributed by atoms with Crippen LogP contribution in [0.2, 0.25) is 5.02 Å². The Morgan fingerprint density at radius 2 is 1.95 bits per heavy atom. The average molecular weight is 298 g/mol. The fourth-order valence-electron chi connectivity index (χ4n) is 2.65. The van der Waals surface area contributed by atoms with Crippen LogP contribution >= 0.6 is 11.6 Å². The predicted molar refractivity (Wildman–Crippen MR) is 82.8 cm³/mol. The van der Waals surface area contributed by atoms with Crippen LogP contribution < -0.4 is 14.8 Å². The van der Waals surface area contributed by atoms with E-state index in [4.69, 9.17) is 21.1 Å². The number of benzene rings is 1. The van der Waals surface area contributed by atoms with E-state index in [9.17, 15) is 0 Å². The van der Waals surface area contributed by atoms with E-state index in [2.05, 4.69) is 19.2 Å². The minimum absolute atomic E-state index is 0.514. The first-order valence-corrected chi connectivity index (χ1v) is 7.51. The van der Waals surface area contributed by atoms with Crippen molar-refractivity contribution >= 4 is 11.6 Å². The molecule has 1 aromatic carbocycles. The van der Waals surface area contributed by atoms with E-state index in [0.717, 1.165) is 24.6 Å². The lowest BCUT2D eigenvalue weighted by atomic mass is 9.92. The quantitative estimate of drug-likeness (QED) is 0.828. The third-order valence-corrected chi connectivity index (χ3v) is 4.70. The highest BCUT2D eigenvalue weighted by atomic mass is 35.5. The van der Waals surface area contributed by atoms with Gasteiger partial charge in [-0.25, -0.2) is 0 Å². The Morgan fingerprint density at radius 3 is 2.45 bits per heavy atom. The molecule has 1 N–H and O–H groups in total. The van der Waals surface area contributed by atoms with Gasteiger partial charge < -0.3 is 14.8 Å². The molecule has 112 valence electrons. The summed E-state index contributed by atoms with van der Waals surface area (Å²) < 4.78 is 10.6. The first kappa shape index (κ1) is 15.5. The topological polar surface area (TPSA) is 30.5 Å². The molecule has 3 nitrogen and oxygen atoms in total. The summed E-state index contributed by atoms with van der Waals surface area (Å²) in [6, 6.07) is 3.91. The van der Waals surface area contributed by atoms with Crippen LogP contribution in [0, 0.1) is 11.3 Å². The molecule has 0 unspecified atom stereocenters. The Hall–Kier alpha value is -0.930. The molecule has 1 aliphatic rings. The van der Waals surface area contributed by atoms with Crippen molar-refractivity contribution in [3.05, 3.63) is 22.7 Å². The summed E-state index contributed by atoms with van der Waals surface area (Å²) in [5.41, 5.74) is 1.63. The fraction of sp³-hybridized carbons (Fsp3) is 0.625. The first-order chi connectivity index (χ1) is 9.52. The van der Waals surface area contributed by atoms with E-state index in [1.165, 1.54) is 12.8 Å². The van der Waals surface area contributed by atoms with Gasteiger partial charge in [-0.3, -0.25) is 0 Å². The number of hydrogen-bond acceptors (Lipinski definition) is 3. The predicted octanol–water partition coefficient (Wildman–Crippen LogP) is 3.88. The smallest absolute Gasteiger partial charge is 0.179 e. The largest absolute Gasteiger partial charge is 0.493 e. The number of ether oxygens (including phenoxy) is 2. The molecular weight excluding hydrogens is 274 g/mol. The van der Waals surface area contributed by atoms with Crippen LogP contribution in [-0.4, -0.2) is 20.8 Å². The molecule has 1 saturated carbocycles. The zero-order chi connectivity index (χ0) is 14.8. The lowest BCUT2D eigenvalue weighted by Gasteiger charge is -2.20. The molecule has 4 heteroatoms. The van der Waals surface area contributed by atoms with Gasteiger partial charge in [0.2, 0.25) is 0 Å². The van der Waals surface area contributed by atoms with Gasteiger partial charge in [0.15, 0.2) is 11.5 Å². The maximum absolute atomic E-state index is 6.21.